The minimum atomic E-state index is -0.467. The van der Waals surface area contributed by atoms with Crippen LogP contribution in [0.4, 0.5) is 0 Å². The van der Waals surface area contributed by atoms with Gasteiger partial charge in [0.2, 0.25) is 5.89 Å². The van der Waals surface area contributed by atoms with Crippen LogP contribution in [-0.4, -0.2) is 10.1 Å². The molecule has 1 aromatic rings. The number of hydrogen-bond donors (Lipinski definition) is 1. The molecule has 15 heavy (non-hydrogen) atoms. The lowest BCUT2D eigenvalue weighted by molar-refractivity contribution is 0.332. The monoisotopic (exact) mass is 209 g/mol. The largest absolute Gasteiger partial charge is 0.339 e. The van der Waals surface area contributed by atoms with Crippen LogP contribution in [-0.2, 0) is 5.54 Å². The van der Waals surface area contributed by atoms with E-state index in [2.05, 4.69) is 17.1 Å². The topological polar surface area (TPSA) is 64.9 Å². The maximum absolute atomic E-state index is 6.06. The van der Waals surface area contributed by atoms with E-state index in [-0.39, 0.29) is 0 Å². The van der Waals surface area contributed by atoms with Crippen LogP contribution in [0.25, 0.3) is 0 Å². The quantitative estimate of drug-likeness (QED) is 0.825. The van der Waals surface area contributed by atoms with E-state index in [1.165, 1.54) is 12.8 Å². The van der Waals surface area contributed by atoms with Gasteiger partial charge >= 0.3 is 0 Å². The molecule has 4 heteroatoms. The summed E-state index contributed by atoms with van der Waals surface area (Å²) in [6, 6.07) is 0. The summed E-state index contributed by atoms with van der Waals surface area (Å²) in [6.07, 6.45) is 3.38. The highest BCUT2D eigenvalue weighted by molar-refractivity contribution is 5.05. The second-order valence-corrected chi connectivity index (χ2v) is 4.85. The smallest absolute Gasteiger partial charge is 0.229 e. The predicted molar refractivity (Wildman–Crippen MR) is 57.3 cm³/mol. The van der Waals surface area contributed by atoms with E-state index in [1.807, 2.05) is 13.8 Å². The number of nitrogens with two attached hydrogens (primary N) is 1. The lowest BCUT2D eigenvalue weighted by atomic mass is 10.00. The molecule has 0 bridgehead atoms. The zero-order valence-corrected chi connectivity index (χ0v) is 9.66. The summed E-state index contributed by atoms with van der Waals surface area (Å²) in [5.41, 5.74) is 5.59. The summed E-state index contributed by atoms with van der Waals surface area (Å²) in [6.45, 7) is 6.11. The molecule has 1 saturated carbocycles. The second-order valence-electron chi connectivity index (χ2n) is 4.85. The molecule has 0 aliphatic heterocycles. The van der Waals surface area contributed by atoms with Crippen LogP contribution < -0.4 is 5.73 Å². The summed E-state index contributed by atoms with van der Waals surface area (Å²) in [4.78, 5) is 4.41. The Morgan fingerprint density at radius 1 is 1.60 bits per heavy atom. The van der Waals surface area contributed by atoms with Gasteiger partial charge < -0.3 is 10.3 Å². The Morgan fingerprint density at radius 2 is 2.27 bits per heavy atom. The van der Waals surface area contributed by atoms with Crippen molar-refractivity contribution >= 4 is 0 Å². The fourth-order valence-electron chi connectivity index (χ4n) is 1.61. The van der Waals surface area contributed by atoms with E-state index >= 15 is 0 Å². The van der Waals surface area contributed by atoms with Gasteiger partial charge in [-0.05, 0) is 32.1 Å². The van der Waals surface area contributed by atoms with Gasteiger partial charge in [-0.15, -0.1) is 0 Å². The Morgan fingerprint density at radius 3 is 2.80 bits per heavy atom. The third-order valence-corrected chi connectivity index (χ3v) is 3.41. The Kier molecular flexibility index (Phi) is 2.54. The average Bonchev–Trinajstić information content (AvgIpc) is 2.93. The van der Waals surface area contributed by atoms with E-state index < -0.39 is 5.54 Å². The summed E-state index contributed by atoms with van der Waals surface area (Å²) < 4.78 is 5.27. The Balaban J connectivity index is 2.16. The van der Waals surface area contributed by atoms with E-state index in [9.17, 15) is 0 Å². The molecule has 2 rings (SSSR count). The lowest BCUT2D eigenvalue weighted by Gasteiger charge is -2.16. The molecule has 4 nitrogen and oxygen atoms in total. The van der Waals surface area contributed by atoms with Gasteiger partial charge in [-0.3, -0.25) is 0 Å². The van der Waals surface area contributed by atoms with Crippen molar-refractivity contribution in [1.29, 1.82) is 0 Å². The molecule has 1 aliphatic carbocycles. The molecule has 0 radical (unpaired) electrons. The van der Waals surface area contributed by atoms with Gasteiger partial charge in [-0.1, -0.05) is 19.0 Å². The molecule has 1 aromatic heterocycles. The number of aromatic nitrogens is 2. The summed E-state index contributed by atoms with van der Waals surface area (Å²) >= 11 is 0. The first-order valence-electron chi connectivity index (χ1n) is 5.67. The molecular formula is C11H19N3O. The van der Waals surface area contributed by atoms with Crippen molar-refractivity contribution in [3.05, 3.63) is 11.7 Å². The standard InChI is InChI=1S/C11H19N3O/c1-4-11(3,12)10-13-9(15-14-10)7(2)8-5-6-8/h7-8H,4-6,12H2,1-3H3. The Labute approximate surface area is 90.2 Å². The highest BCUT2D eigenvalue weighted by Gasteiger charge is 2.34. The molecule has 0 amide bonds. The van der Waals surface area contributed by atoms with Crippen LogP contribution >= 0.6 is 0 Å². The van der Waals surface area contributed by atoms with E-state index in [0.717, 1.165) is 18.2 Å². The molecule has 2 N–H and O–H groups in total. The van der Waals surface area contributed by atoms with Crippen LogP contribution in [0.1, 0.15) is 57.7 Å². The molecule has 84 valence electrons. The third-order valence-electron chi connectivity index (χ3n) is 3.41. The van der Waals surface area contributed by atoms with E-state index in [0.29, 0.717) is 11.7 Å². The van der Waals surface area contributed by atoms with E-state index in [1.54, 1.807) is 0 Å². The maximum Gasteiger partial charge on any atom is 0.229 e. The fraction of sp³-hybridized carbons (Fsp3) is 0.818. The average molecular weight is 209 g/mol. The van der Waals surface area contributed by atoms with Crippen LogP contribution in [0.2, 0.25) is 0 Å². The van der Waals surface area contributed by atoms with Gasteiger partial charge in [0, 0.05) is 5.92 Å². The van der Waals surface area contributed by atoms with Gasteiger partial charge in [0.05, 0.1) is 5.54 Å². The van der Waals surface area contributed by atoms with Crippen LogP contribution in [0.5, 0.6) is 0 Å². The molecule has 1 fully saturated rings. The van der Waals surface area contributed by atoms with Gasteiger partial charge in [-0.25, -0.2) is 0 Å². The van der Waals surface area contributed by atoms with Gasteiger partial charge in [0.1, 0.15) is 0 Å². The van der Waals surface area contributed by atoms with Crippen molar-refractivity contribution < 1.29 is 4.52 Å². The molecule has 2 unspecified atom stereocenters. The van der Waals surface area contributed by atoms with Crippen molar-refractivity contribution in [2.75, 3.05) is 0 Å². The molecule has 0 saturated heterocycles. The summed E-state index contributed by atoms with van der Waals surface area (Å²) in [5, 5.41) is 3.98. The molecule has 1 aliphatic rings. The van der Waals surface area contributed by atoms with Crippen molar-refractivity contribution in [3.8, 4) is 0 Å². The highest BCUT2D eigenvalue weighted by Crippen LogP contribution is 2.41. The predicted octanol–water partition coefficient (Wildman–Crippen LogP) is 2.17. The zero-order valence-electron chi connectivity index (χ0n) is 9.66. The first-order chi connectivity index (χ1) is 7.04. The van der Waals surface area contributed by atoms with Crippen LogP contribution in [0, 0.1) is 5.92 Å². The fourth-order valence-corrected chi connectivity index (χ4v) is 1.61. The highest BCUT2D eigenvalue weighted by atomic mass is 16.5. The van der Waals surface area contributed by atoms with Gasteiger partial charge in [0.25, 0.3) is 0 Å². The molecule has 0 aromatic carbocycles. The van der Waals surface area contributed by atoms with Crippen molar-refractivity contribution in [1.82, 2.24) is 10.1 Å². The SMILES string of the molecule is CCC(C)(N)c1noc(C(C)C2CC2)n1. The second kappa shape index (κ2) is 3.59. The summed E-state index contributed by atoms with van der Waals surface area (Å²) in [7, 11) is 0. The number of nitrogens with zero attached hydrogens (tertiary/aromatic N) is 2. The van der Waals surface area contributed by atoms with E-state index in [4.69, 9.17) is 10.3 Å². The minimum absolute atomic E-state index is 0.388. The molecular weight excluding hydrogens is 190 g/mol. The first-order valence-corrected chi connectivity index (χ1v) is 5.67. The van der Waals surface area contributed by atoms with Gasteiger partial charge in [-0.2, -0.15) is 4.98 Å². The zero-order chi connectivity index (χ0) is 11.1. The molecule has 2 atom stereocenters. The third kappa shape index (κ3) is 2.04. The molecule has 1 heterocycles. The molecule has 0 spiro atoms. The van der Waals surface area contributed by atoms with Crippen molar-refractivity contribution in [2.45, 2.75) is 51.5 Å². The minimum Gasteiger partial charge on any atom is -0.339 e. The van der Waals surface area contributed by atoms with Gasteiger partial charge in [0.15, 0.2) is 5.82 Å². The van der Waals surface area contributed by atoms with Crippen molar-refractivity contribution in [2.24, 2.45) is 11.7 Å². The maximum atomic E-state index is 6.06. The first kappa shape index (κ1) is 10.6. The Hall–Kier alpha value is -0.900. The van der Waals surface area contributed by atoms with Crippen LogP contribution in [0.15, 0.2) is 4.52 Å². The number of hydrogen-bond acceptors (Lipinski definition) is 4. The summed E-state index contributed by atoms with van der Waals surface area (Å²) in [5.74, 6) is 2.51. The Bertz CT molecular complexity index is 341. The van der Waals surface area contributed by atoms with Crippen molar-refractivity contribution in [3.63, 3.8) is 0 Å². The number of rotatable bonds is 4. The van der Waals surface area contributed by atoms with Crippen LogP contribution in [0.3, 0.4) is 0 Å². The lowest BCUT2D eigenvalue weighted by Crippen LogP contribution is -2.33. The normalized spacial score (nSPS) is 22.4.